The van der Waals surface area contributed by atoms with E-state index in [0.29, 0.717) is 11.3 Å². The van der Waals surface area contributed by atoms with E-state index in [1.807, 2.05) is 37.1 Å². The Hall–Kier alpha value is -3.35. The van der Waals surface area contributed by atoms with Crippen LogP contribution in [0.2, 0.25) is 0 Å². The standard InChI is InChI=1S/C19H19N5O2/c1-23-10-12-11-24(2)22-17(12)13-5-4-6-16(18(13)23)21-15-7-8-20-9-14(15)19(25)26-3/h4-9,11H,10H2,1-3H3,(H,20,21). The monoisotopic (exact) mass is 349 g/mol. The number of pyridine rings is 1. The maximum Gasteiger partial charge on any atom is 0.341 e. The number of nitrogens with one attached hydrogen (secondary N) is 1. The van der Waals surface area contributed by atoms with Crippen molar-refractivity contribution < 1.29 is 9.53 Å². The molecule has 0 aliphatic carbocycles. The van der Waals surface area contributed by atoms with Gasteiger partial charge in [0.25, 0.3) is 0 Å². The van der Waals surface area contributed by atoms with Crippen molar-refractivity contribution in [2.75, 3.05) is 24.4 Å². The van der Waals surface area contributed by atoms with Crippen LogP contribution in [0, 0.1) is 0 Å². The SMILES string of the molecule is COC(=O)c1cnccc1Nc1cccc2c1N(C)Cc1cn(C)nc1-2. The molecular weight excluding hydrogens is 330 g/mol. The zero-order valence-corrected chi connectivity index (χ0v) is 14.9. The molecule has 2 aromatic heterocycles. The van der Waals surface area contributed by atoms with Gasteiger partial charge in [0.05, 0.1) is 29.9 Å². The van der Waals surface area contributed by atoms with Gasteiger partial charge in [-0.3, -0.25) is 9.67 Å². The van der Waals surface area contributed by atoms with Gasteiger partial charge >= 0.3 is 5.97 Å². The number of para-hydroxylation sites is 1. The second kappa shape index (κ2) is 6.18. The van der Waals surface area contributed by atoms with Crippen molar-refractivity contribution in [3.05, 3.63) is 54.0 Å². The predicted molar refractivity (Wildman–Crippen MR) is 99.6 cm³/mol. The Kier molecular flexibility index (Phi) is 3.84. The van der Waals surface area contributed by atoms with E-state index in [0.717, 1.165) is 29.2 Å². The molecule has 0 fully saturated rings. The molecule has 0 unspecified atom stereocenters. The van der Waals surface area contributed by atoms with Crippen LogP contribution in [-0.2, 0) is 18.3 Å². The molecule has 0 atom stereocenters. The molecule has 0 radical (unpaired) electrons. The molecule has 7 nitrogen and oxygen atoms in total. The summed E-state index contributed by atoms with van der Waals surface area (Å²) < 4.78 is 6.69. The molecule has 1 N–H and O–H groups in total. The minimum Gasteiger partial charge on any atom is -0.465 e. The summed E-state index contributed by atoms with van der Waals surface area (Å²) in [4.78, 5) is 18.2. The minimum atomic E-state index is -0.425. The maximum absolute atomic E-state index is 12.0. The molecule has 1 aromatic carbocycles. The normalized spacial score (nSPS) is 12.3. The lowest BCUT2D eigenvalue weighted by molar-refractivity contribution is 0.0601. The number of fused-ring (bicyclic) bond motifs is 3. The highest BCUT2D eigenvalue weighted by molar-refractivity contribution is 5.98. The van der Waals surface area contributed by atoms with Crippen LogP contribution in [0.5, 0.6) is 0 Å². The molecule has 0 amide bonds. The van der Waals surface area contributed by atoms with Crippen LogP contribution in [0.3, 0.4) is 0 Å². The van der Waals surface area contributed by atoms with E-state index < -0.39 is 5.97 Å². The summed E-state index contributed by atoms with van der Waals surface area (Å²) in [5.74, 6) is -0.425. The van der Waals surface area contributed by atoms with Crippen molar-refractivity contribution in [3.63, 3.8) is 0 Å². The van der Waals surface area contributed by atoms with Crippen LogP contribution in [0.4, 0.5) is 17.1 Å². The van der Waals surface area contributed by atoms with Crippen molar-refractivity contribution >= 4 is 23.0 Å². The molecule has 1 aliphatic rings. The van der Waals surface area contributed by atoms with Crippen molar-refractivity contribution in [2.24, 2.45) is 7.05 Å². The van der Waals surface area contributed by atoms with E-state index >= 15 is 0 Å². The van der Waals surface area contributed by atoms with Crippen molar-refractivity contribution in [2.45, 2.75) is 6.54 Å². The summed E-state index contributed by atoms with van der Waals surface area (Å²) in [7, 11) is 5.34. The first-order valence-electron chi connectivity index (χ1n) is 8.25. The fraction of sp³-hybridized carbons (Fsp3) is 0.211. The third-order valence-corrected chi connectivity index (χ3v) is 4.48. The number of benzene rings is 1. The Bertz CT molecular complexity index is 995. The number of nitrogens with zero attached hydrogens (tertiary/aromatic N) is 4. The number of ether oxygens (including phenoxy) is 1. The van der Waals surface area contributed by atoms with Crippen molar-refractivity contribution in [3.8, 4) is 11.3 Å². The molecule has 3 aromatic rings. The highest BCUT2D eigenvalue weighted by Crippen LogP contribution is 2.43. The Morgan fingerprint density at radius 3 is 2.88 bits per heavy atom. The molecule has 3 heterocycles. The van der Waals surface area contributed by atoms with E-state index in [9.17, 15) is 4.79 Å². The number of carbonyl (C=O) groups is 1. The average Bonchev–Trinajstić information content (AvgIpc) is 3.02. The molecule has 0 saturated heterocycles. The lowest BCUT2D eigenvalue weighted by atomic mass is 9.99. The summed E-state index contributed by atoms with van der Waals surface area (Å²) in [5.41, 5.74) is 6.24. The predicted octanol–water partition coefficient (Wildman–Crippen LogP) is 2.96. The van der Waals surface area contributed by atoms with Gasteiger partial charge in [-0.25, -0.2) is 4.79 Å². The van der Waals surface area contributed by atoms with Gasteiger partial charge in [-0.05, 0) is 12.1 Å². The van der Waals surface area contributed by atoms with E-state index in [-0.39, 0.29) is 0 Å². The number of hydrogen-bond acceptors (Lipinski definition) is 6. The number of methoxy groups -OCH3 is 1. The summed E-state index contributed by atoms with van der Waals surface area (Å²) in [6, 6.07) is 7.80. The summed E-state index contributed by atoms with van der Waals surface area (Å²) in [6.07, 6.45) is 5.20. The van der Waals surface area contributed by atoms with Gasteiger partial charge < -0.3 is 15.0 Å². The van der Waals surface area contributed by atoms with Gasteiger partial charge in [-0.2, -0.15) is 5.10 Å². The van der Waals surface area contributed by atoms with E-state index in [1.165, 1.54) is 18.9 Å². The topological polar surface area (TPSA) is 72.3 Å². The van der Waals surface area contributed by atoms with Gasteiger partial charge in [0.2, 0.25) is 0 Å². The first-order valence-corrected chi connectivity index (χ1v) is 8.25. The highest BCUT2D eigenvalue weighted by Gasteiger charge is 2.25. The molecule has 132 valence electrons. The molecule has 1 aliphatic heterocycles. The first kappa shape index (κ1) is 16.1. The average molecular weight is 349 g/mol. The second-order valence-corrected chi connectivity index (χ2v) is 6.27. The fourth-order valence-corrected chi connectivity index (χ4v) is 3.38. The quantitative estimate of drug-likeness (QED) is 0.733. The van der Waals surface area contributed by atoms with E-state index in [4.69, 9.17) is 4.74 Å². The van der Waals surface area contributed by atoms with Crippen LogP contribution in [0.1, 0.15) is 15.9 Å². The molecule has 4 rings (SSSR count). The number of rotatable bonds is 3. The first-order chi connectivity index (χ1) is 12.6. The lowest BCUT2D eigenvalue weighted by Crippen LogP contribution is -2.22. The van der Waals surface area contributed by atoms with E-state index in [1.54, 1.807) is 12.3 Å². The van der Waals surface area contributed by atoms with Gasteiger partial charge in [0.15, 0.2) is 0 Å². The smallest absolute Gasteiger partial charge is 0.341 e. The highest BCUT2D eigenvalue weighted by atomic mass is 16.5. The second-order valence-electron chi connectivity index (χ2n) is 6.27. The van der Waals surface area contributed by atoms with Crippen LogP contribution in [0.15, 0.2) is 42.9 Å². The Morgan fingerprint density at radius 1 is 1.23 bits per heavy atom. The maximum atomic E-state index is 12.0. The van der Waals surface area contributed by atoms with Gasteiger partial charge in [0.1, 0.15) is 5.56 Å². The van der Waals surface area contributed by atoms with Crippen molar-refractivity contribution in [1.29, 1.82) is 0 Å². The van der Waals surface area contributed by atoms with Gasteiger partial charge in [-0.15, -0.1) is 0 Å². The summed E-state index contributed by atoms with van der Waals surface area (Å²) in [5, 5.41) is 7.98. The summed E-state index contributed by atoms with van der Waals surface area (Å²) >= 11 is 0. The van der Waals surface area contributed by atoms with Gasteiger partial charge in [-0.1, -0.05) is 12.1 Å². The number of anilines is 3. The molecule has 0 spiro atoms. The zero-order valence-electron chi connectivity index (χ0n) is 14.9. The summed E-state index contributed by atoms with van der Waals surface area (Å²) in [6.45, 7) is 0.773. The Balaban J connectivity index is 1.81. The fourth-order valence-electron chi connectivity index (χ4n) is 3.38. The van der Waals surface area contributed by atoms with Crippen LogP contribution in [0.25, 0.3) is 11.3 Å². The number of carbonyl (C=O) groups excluding carboxylic acids is 1. The Labute approximate surface area is 151 Å². The van der Waals surface area contributed by atoms with Crippen LogP contribution >= 0.6 is 0 Å². The third-order valence-electron chi connectivity index (χ3n) is 4.48. The van der Waals surface area contributed by atoms with E-state index in [2.05, 4.69) is 26.4 Å². The third kappa shape index (κ3) is 2.57. The largest absolute Gasteiger partial charge is 0.465 e. The van der Waals surface area contributed by atoms with Crippen LogP contribution < -0.4 is 10.2 Å². The molecule has 0 bridgehead atoms. The number of aromatic nitrogens is 3. The molecule has 7 heteroatoms. The number of esters is 1. The number of hydrogen-bond donors (Lipinski definition) is 1. The minimum absolute atomic E-state index is 0.393. The molecule has 0 saturated carbocycles. The Morgan fingerprint density at radius 2 is 2.08 bits per heavy atom. The lowest BCUT2D eigenvalue weighted by Gasteiger charge is -2.29. The zero-order chi connectivity index (χ0) is 18.3. The molecule has 26 heavy (non-hydrogen) atoms. The van der Waals surface area contributed by atoms with Crippen LogP contribution in [-0.4, -0.2) is 34.9 Å². The van der Waals surface area contributed by atoms with Crippen molar-refractivity contribution in [1.82, 2.24) is 14.8 Å². The number of aryl methyl sites for hydroxylation is 1. The molecular formula is C19H19N5O2. The van der Waals surface area contributed by atoms with Gasteiger partial charge in [0, 0.05) is 50.4 Å².